The van der Waals surface area contributed by atoms with E-state index in [-0.39, 0.29) is 18.4 Å². The van der Waals surface area contributed by atoms with Gasteiger partial charge in [-0.3, -0.25) is 9.59 Å². The minimum atomic E-state index is -0.133. The van der Waals surface area contributed by atoms with Gasteiger partial charge in [0.15, 0.2) is 0 Å². The molecule has 0 bridgehead atoms. The smallest absolute Gasteiger partial charge is 0.239 e. The number of amides is 2. The van der Waals surface area contributed by atoms with Crippen LogP contribution in [0.2, 0.25) is 0 Å². The first-order valence-corrected chi connectivity index (χ1v) is 7.94. The van der Waals surface area contributed by atoms with E-state index in [0.717, 1.165) is 24.2 Å². The molecule has 1 aliphatic rings. The number of rotatable bonds is 8. The lowest BCUT2D eigenvalue weighted by Crippen LogP contribution is -2.42. The summed E-state index contributed by atoms with van der Waals surface area (Å²) in [6.45, 7) is 2.26. The molecule has 1 saturated heterocycles. The maximum Gasteiger partial charge on any atom is 0.239 e. The molecule has 6 heteroatoms. The van der Waals surface area contributed by atoms with E-state index < -0.39 is 0 Å². The zero-order valence-electron chi connectivity index (χ0n) is 13.5. The highest BCUT2D eigenvalue weighted by molar-refractivity contribution is 5.85. The largest absolute Gasteiger partial charge is 0.491 e. The number of benzene rings is 1. The topological polar surface area (TPSA) is 67.9 Å². The zero-order chi connectivity index (χ0) is 16.5. The molecule has 1 fully saturated rings. The van der Waals surface area contributed by atoms with Crippen LogP contribution in [-0.4, -0.2) is 50.1 Å². The Bertz CT molecular complexity index is 533. The van der Waals surface area contributed by atoms with Gasteiger partial charge in [-0.25, -0.2) is 0 Å². The Morgan fingerprint density at radius 1 is 1.30 bits per heavy atom. The van der Waals surface area contributed by atoms with Crippen molar-refractivity contribution in [3.05, 3.63) is 29.8 Å². The highest BCUT2D eigenvalue weighted by Crippen LogP contribution is 2.13. The summed E-state index contributed by atoms with van der Waals surface area (Å²) in [7, 11) is 1.63. The Hall–Kier alpha value is -2.08. The summed E-state index contributed by atoms with van der Waals surface area (Å²) in [6.07, 6.45) is 2.45. The first kappa shape index (κ1) is 17.3. The second kappa shape index (κ2) is 9.15. The van der Waals surface area contributed by atoms with E-state index in [1.807, 2.05) is 24.3 Å². The van der Waals surface area contributed by atoms with Gasteiger partial charge in [0.1, 0.15) is 12.4 Å². The molecule has 0 aromatic heterocycles. The van der Waals surface area contributed by atoms with Crippen LogP contribution in [0.5, 0.6) is 5.75 Å². The fourth-order valence-corrected chi connectivity index (χ4v) is 2.45. The standard InChI is InChI=1S/C17H24N2O4/c1-22-9-10-23-15-6-4-5-14(11-15)12-18-16(20)13-19-8-3-2-7-17(19)21/h4-6,11H,2-3,7-10,12-13H2,1H3,(H,18,20). The molecular formula is C17H24N2O4. The maximum atomic E-state index is 12.0. The predicted molar refractivity (Wildman–Crippen MR) is 86.1 cm³/mol. The zero-order valence-corrected chi connectivity index (χ0v) is 13.5. The minimum absolute atomic E-state index is 0.0694. The van der Waals surface area contributed by atoms with Crippen molar-refractivity contribution in [3.63, 3.8) is 0 Å². The van der Waals surface area contributed by atoms with E-state index in [9.17, 15) is 9.59 Å². The Kier molecular flexibility index (Phi) is 6.87. The Balaban J connectivity index is 1.77. The molecule has 1 aromatic rings. The van der Waals surface area contributed by atoms with Crippen LogP contribution in [0.25, 0.3) is 0 Å². The Labute approximate surface area is 136 Å². The summed E-state index contributed by atoms with van der Waals surface area (Å²) in [4.78, 5) is 25.3. The van der Waals surface area contributed by atoms with E-state index in [2.05, 4.69) is 5.32 Å². The molecule has 126 valence electrons. The number of nitrogens with one attached hydrogen (secondary N) is 1. The Morgan fingerprint density at radius 3 is 2.96 bits per heavy atom. The molecule has 6 nitrogen and oxygen atoms in total. The van der Waals surface area contributed by atoms with Crippen LogP contribution in [-0.2, 0) is 20.9 Å². The second-order valence-electron chi connectivity index (χ2n) is 5.54. The van der Waals surface area contributed by atoms with Gasteiger partial charge in [-0.1, -0.05) is 12.1 Å². The number of piperidine rings is 1. The van der Waals surface area contributed by atoms with Gasteiger partial charge in [-0.05, 0) is 30.5 Å². The number of ether oxygens (including phenoxy) is 2. The number of hydrogen-bond donors (Lipinski definition) is 1. The Morgan fingerprint density at radius 2 is 2.17 bits per heavy atom. The molecule has 0 saturated carbocycles. The van der Waals surface area contributed by atoms with Crippen molar-refractivity contribution in [1.82, 2.24) is 10.2 Å². The minimum Gasteiger partial charge on any atom is -0.491 e. The van der Waals surface area contributed by atoms with Crippen LogP contribution in [0.1, 0.15) is 24.8 Å². The lowest BCUT2D eigenvalue weighted by Gasteiger charge is -2.25. The third-order valence-corrected chi connectivity index (χ3v) is 3.70. The molecule has 2 rings (SSSR count). The van der Waals surface area contributed by atoms with Gasteiger partial charge in [0.25, 0.3) is 0 Å². The molecule has 1 aromatic carbocycles. The fraction of sp³-hybridized carbons (Fsp3) is 0.529. The SMILES string of the molecule is COCCOc1cccc(CNC(=O)CN2CCCCC2=O)c1. The second-order valence-corrected chi connectivity index (χ2v) is 5.54. The number of likely N-dealkylation sites (tertiary alicyclic amines) is 1. The van der Waals surface area contributed by atoms with Gasteiger partial charge in [-0.2, -0.15) is 0 Å². The van der Waals surface area contributed by atoms with Gasteiger partial charge in [0.05, 0.1) is 13.2 Å². The van der Waals surface area contributed by atoms with Crippen molar-refractivity contribution in [3.8, 4) is 5.75 Å². The van der Waals surface area contributed by atoms with E-state index in [1.54, 1.807) is 12.0 Å². The highest BCUT2D eigenvalue weighted by atomic mass is 16.5. The van der Waals surface area contributed by atoms with Crippen molar-refractivity contribution < 1.29 is 19.1 Å². The average molecular weight is 320 g/mol. The number of methoxy groups -OCH3 is 1. The van der Waals surface area contributed by atoms with Crippen LogP contribution < -0.4 is 10.1 Å². The van der Waals surface area contributed by atoms with Gasteiger partial charge in [-0.15, -0.1) is 0 Å². The molecule has 0 unspecified atom stereocenters. The van der Waals surface area contributed by atoms with Crippen LogP contribution in [0.15, 0.2) is 24.3 Å². The summed E-state index contributed by atoms with van der Waals surface area (Å²) >= 11 is 0. The van der Waals surface area contributed by atoms with E-state index in [1.165, 1.54) is 0 Å². The predicted octanol–water partition coefficient (Wildman–Crippen LogP) is 1.34. The summed E-state index contributed by atoms with van der Waals surface area (Å²) in [6, 6.07) is 7.57. The van der Waals surface area contributed by atoms with E-state index in [0.29, 0.717) is 32.7 Å². The normalized spacial score (nSPS) is 14.7. The highest BCUT2D eigenvalue weighted by Gasteiger charge is 2.20. The van der Waals surface area contributed by atoms with Crippen molar-refractivity contribution in [2.24, 2.45) is 0 Å². The third-order valence-electron chi connectivity index (χ3n) is 3.70. The molecule has 1 N–H and O–H groups in total. The third kappa shape index (κ3) is 5.90. The van der Waals surface area contributed by atoms with Crippen molar-refractivity contribution in [2.45, 2.75) is 25.8 Å². The van der Waals surface area contributed by atoms with Gasteiger partial charge in [0.2, 0.25) is 11.8 Å². The number of nitrogens with zero attached hydrogens (tertiary/aromatic N) is 1. The van der Waals surface area contributed by atoms with Gasteiger partial charge in [0, 0.05) is 26.6 Å². The molecule has 2 amide bonds. The molecule has 0 aliphatic carbocycles. The van der Waals surface area contributed by atoms with Crippen molar-refractivity contribution in [2.75, 3.05) is 33.4 Å². The molecule has 0 atom stereocenters. The van der Waals surface area contributed by atoms with Gasteiger partial charge >= 0.3 is 0 Å². The van der Waals surface area contributed by atoms with Crippen molar-refractivity contribution in [1.29, 1.82) is 0 Å². The first-order valence-electron chi connectivity index (χ1n) is 7.94. The van der Waals surface area contributed by atoms with Crippen LogP contribution in [0.4, 0.5) is 0 Å². The summed E-state index contributed by atoms with van der Waals surface area (Å²) < 4.78 is 10.5. The quantitative estimate of drug-likeness (QED) is 0.734. The molecule has 0 radical (unpaired) electrons. The van der Waals surface area contributed by atoms with Gasteiger partial charge < -0.3 is 19.7 Å². The summed E-state index contributed by atoms with van der Waals surface area (Å²) in [5.41, 5.74) is 0.957. The number of carbonyl (C=O) groups is 2. The van der Waals surface area contributed by atoms with Crippen LogP contribution in [0.3, 0.4) is 0 Å². The van der Waals surface area contributed by atoms with E-state index >= 15 is 0 Å². The number of hydrogen-bond acceptors (Lipinski definition) is 4. The van der Waals surface area contributed by atoms with E-state index in [4.69, 9.17) is 9.47 Å². The molecule has 0 spiro atoms. The maximum absolute atomic E-state index is 12.0. The first-order chi connectivity index (χ1) is 11.2. The molecular weight excluding hydrogens is 296 g/mol. The lowest BCUT2D eigenvalue weighted by atomic mass is 10.1. The number of carbonyl (C=O) groups excluding carboxylic acids is 2. The molecule has 1 aliphatic heterocycles. The summed E-state index contributed by atoms with van der Waals surface area (Å²) in [5.74, 6) is 0.686. The van der Waals surface area contributed by atoms with Crippen LogP contribution >= 0.6 is 0 Å². The monoisotopic (exact) mass is 320 g/mol. The molecule has 1 heterocycles. The van der Waals surface area contributed by atoms with Crippen molar-refractivity contribution >= 4 is 11.8 Å². The molecule has 23 heavy (non-hydrogen) atoms. The van der Waals surface area contributed by atoms with Crippen LogP contribution in [0, 0.1) is 0 Å². The average Bonchev–Trinajstić information content (AvgIpc) is 2.56. The lowest BCUT2D eigenvalue weighted by molar-refractivity contribution is -0.137. The fourth-order valence-electron chi connectivity index (χ4n) is 2.45. The summed E-state index contributed by atoms with van der Waals surface area (Å²) in [5, 5.41) is 2.85.